The molecule has 4 aromatic rings. The van der Waals surface area contributed by atoms with E-state index in [0.717, 1.165) is 39.4 Å². The zero-order chi connectivity index (χ0) is 33.2. The van der Waals surface area contributed by atoms with Gasteiger partial charge in [-0.25, -0.2) is 4.79 Å². The van der Waals surface area contributed by atoms with E-state index >= 15 is 0 Å². The van der Waals surface area contributed by atoms with Crippen LogP contribution in [0.25, 0.3) is 10.8 Å². The van der Waals surface area contributed by atoms with Gasteiger partial charge < -0.3 is 25.4 Å². The van der Waals surface area contributed by atoms with E-state index in [1.165, 1.54) is 0 Å². The average molecular weight is 622 g/mol. The molecule has 1 saturated carbocycles. The summed E-state index contributed by atoms with van der Waals surface area (Å²) in [4.78, 5) is 44.1. The van der Waals surface area contributed by atoms with Crippen LogP contribution in [-0.4, -0.2) is 45.6 Å². The number of nitrogens with one attached hydrogen (secondary N) is 2. The highest BCUT2D eigenvalue weighted by atomic mass is 16.6. The fraction of sp³-hybridized carbons (Fsp3) is 0.342. The van der Waals surface area contributed by atoms with E-state index in [-0.39, 0.29) is 35.9 Å². The van der Waals surface area contributed by atoms with Crippen molar-refractivity contribution in [1.29, 1.82) is 0 Å². The molecule has 0 radical (unpaired) electrons. The number of phenols is 1. The third-order valence-electron chi connectivity index (χ3n) is 8.32. The van der Waals surface area contributed by atoms with E-state index in [4.69, 9.17) is 4.74 Å². The van der Waals surface area contributed by atoms with Crippen LogP contribution < -0.4 is 10.6 Å². The number of fused-ring (bicyclic) bond motifs is 1. The van der Waals surface area contributed by atoms with E-state index in [0.29, 0.717) is 5.69 Å². The van der Waals surface area contributed by atoms with Crippen molar-refractivity contribution in [2.24, 2.45) is 5.92 Å². The van der Waals surface area contributed by atoms with Crippen LogP contribution in [0.15, 0.2) is 84.9 Å². The lowest BCUT2D eigenvalue weighted by atomic mass is 9.95. The Labute approximate surface area is 270 Å². The second kappa shape index (κ2) is 13.3. The summed E-state index contributed by atoms with van der Waals surface area (Å²) in [6, 6.07) is 23.9. The number of rotatable bonds is 9. The van der Waals surface area contributed by atoms with Crippen LogP contribution in [0.2, 0.25) is 0 Å². The van der Waals surface area contributed by atoms with E-state index < -0.39 is 23.8 Å². The Morgan fingerprint density at radius 2 is 1.61 bits per heavy atom. The van der Waals surface area contributed by atoms with Crippen LogP contribution in [0.1, 0.15) is 62.4 Å². The second-order valence-corrected chi connectivity index (χ2v) is 13.4. The predicted octanol–water partition coefficient (Wildman–Crippen LogP) is 7.22. The van der Waals surface area contributed by atoms with Crippen molar-refractivity contribution in [3.63, 3.8) is 0 Å². The maximum Gasteiger partial charge on any atom is 0.408 e. The van der Waals surface area contributed by atoms with Gasteiger partial charge in [0.2, 0.25) is 5.91 Å². The lowest BCUT2D eigenvalue weighted by molar-refractivity contribution is -0.141. The van der Waals surface area contributed by atoms with Crippen LogP contribution in [-0.2, 0) is 20.7 Å². The quantitative estimate of drug-likeness (QED) is 0.183. The Bertz CT molecular complexity index is 1740. The van der Waals surface area contributed by atoms with Crippen molar-refractivity contribution in [2.45, 2.75) is 78.1 Å². The SMILES string of the molecule is Cc1ccc(C)c(C(C(=O)Nc2ccc3ccccc3c2)N(C(=O)C(Cc2ccc(O)cc2)NC(=O)OC(C)(C)C)C2CC2C)c1. The van der Waals surface area contributed by atoms with Gasteiger partial charge in [-0.2, -0.15) is 0 Å². The van der Waals surface area contributed by atoms with Gasteiger partial charge in [-0.15, -0.1) is 0 Å². The van der Waals surface area contributed by atoms with E-state index in [1.807, 2.05) is 74.5 Å². The molecule has 0 aliphatic heterocycles. The Kier molecular flexibility index (Phi) is 9.37. The molecule has 240 valence electrons. The summed E-state index contributed by atoms with van der Waals surface area (Å²) in [6.07, 6.45) is 0.147. The van der Waals surface area contributed by atoms with E-state index in [9.17, 15) is 19.5 Å². The third-order valence-corrected chi connectivity index (χ3v) is 8.32. The molecule has 46 heavy (non-hydrogen) atoms. The molecule has 3 N–H and O–H groups in total. The molecule has 1 aliphatic rings. The maximum absolute atomic E-state index is 14.8. The van der Waals surface area contributed by atoms with Crippen molar-refractivity contribution in [1.82, 2.24) is 10.2 Å². The minimum Gasteiger partial charge on any atom is -0.508 e. The first kappa shape index (κ1) is 32.5. The monoisotopic (exact) mass is 621 g/mol. The summed E-state index contributed by atoms with van der Waals surface area (Å²) in [5.41, 5.74) is 3.16. The first-order valence-corrected chi connectivity index (χ1v) is 15.8. The number of hydrogen-bond acceptors (Lipinski definition) is 5. The number of anilines is 1. The maximum atomic E-state index is 14.8. The molecule has 5 rings (SSSR count). The van der Waals surface area contributed by atoms with Crippen LogP contribution >= 0.6 is 0 Å². The van der Waals surface area contributed by atoms with Gasteiger partial charge in [0.25, 0.3) is 5.91 Å². The largest absolute Gasteiger partial charge is 0.508 e. The van der Waals surface area contributed by atoms with Gasteiger partial charge in [-0.05, 0) is 98.7 Å². The first-order chi connectivity index (χ1) is 21.8. The topological polar surface area (TPSA) is 108 Å². The summed E-state index contributed by atoms with van der Waals surface area (Å²) in [5, 5.41) is 17.8. The number of ether oxygens (including phenoxy) is 1. The molecule has 0 aromatic heterocycles. The molecule has 8 heteroatoms. The smallest absolute Gasteiger partial charge is 0.408 e. The second-order valence-electron chi connectivity index (χ2n) is 13.4. The highest BCUT2D eigenvalue weighted by molar-refractivity contribution is 6.01. The number of nitrogens with zero attached hydrogens (tertiary/aromatic N) is 1. The molecule has 1 aliphatic carbocycles. The van der Waals surface area contributed by atoms with Crippen molar-refractivity contribution in [3.05, 3.63) is 107 Å². The number of aryl methyl sites for hydroxylation is 2. The van der Waals surface area contributed by atoms with Crippen molar-refractivity contribution in [3.8, 4) is 5.75 Å². The van der Waals surface area contributed by atoms with Gasteiger partial charge in [0, 0.05) is 18.2 Å². The van der Waals surface area contributed by atoms with Gasteiger partial charge >= 0.3 is 6.09 Å². The molecule has 4 unspecified atom stereocenters. The Morgan fingerprint density at radius 1 is 0.935 bits per heavy atom. The third kappa shape index (κ3) is 7.86. The molecular weight excluding hydrogens is 578 g/mol. The number of aromatic hydroxyl groups is 1. The number of amides is 3. The fourth-order valence-corrected chi connectivity index (χ4v) is 5.82. The Balaban J connectivity index is 1.56. The van der Waals surface area contributed by atoms with Gasteiger partial charge in [0.05, 0.1) is 0 Å². The molecule has 4 aromatic carbocycles. The minimum absolute atomic E-state index is 0.0977. The molecule has 0 saturated heterocycles. The highest BCUT2D eigenvalue weighted by Gasteiger charge is 2.48. The summed E-state index contributed by atoms with van der Waals surface area (Å²) in [7, 11) is 0. The van der Waals surface area contributed by atoms with Crippen LogP contribution in [0, 0.1) is 19.8 Å². The number of benzene rings is 4. The molecule has 0 bridgehead atoms. The first-order valence-electron chi connectivity index (χ1n) is 15.8. The Morgan fingerprint density at radius 3 is 2.26 bits per heavy atom. The predicted molar refractivity (Wildman–Crippen MR) is 181 cm³/mol. The summed E-state index contributed by atoms with van der Waals surface area (Å²) in [6.45, 7) is 11.2. The van der Waals surface area contributed by atoms with E-state index in [2.05, 4.69) is 17.6 Å². The van der Waals surface area contributed by atoms with Crippen molar-refractivity contribution < 1.29 is 24.2 Å². The number of hydrogen-bond donors (Lipinski definition) is 3. The molecule has 1 fully saturated rings. The summed E-state index contributed by atoms with van der Waals surface area (Å²) >= 11 is 0. The molecule has 4 atom stereocenters. The fourth-order valence-electron chi connectivity index (χ4n) is 5.82. The lowest BCUT2D eigenvalue weighted by Crippen LogP contribution is -2.54. The van der Waals surface area contributed by atoms with Crippen molar-refractivity contribution >= 4 is 34.4 Å². The molecule has 3 amide bonds. The Hall–Kier alpha value is -4.85. The zero-order valence-electron chi connectivity index (χ0n) is 27.3. The van der Waals surface area contributed by atoms with Gasteiger partial charge in [0.15, 0.2) is 0 Å². The average Bonchev–Trinajstić information content (AvgIpc) is 3.72. The van der Waals surface area contributed by atoms with Gasteiger partial charge in [0.1, 0.15) is 23.4 Å². The van der Waals surface area contributed by atoms with Gasteiger partial charge in [-0.3, -0.25) is 9.59 Å². The van der Waals surface area contributed by atoms with Gasteiger partial charge in [-0.1, -0.05) is 73.2 Å². The lowest BCUT2D eigenvalue weighted by Gasteiger charge is -2.36. The number of carbonyl (C=O) groups excluding carboxylic acids is 3. The van der Waals surface area contributed by atoms with Crippen LogP contribution in [0.5, 0.6) is 5.75 Å². The minimum atomic E-state index is -1.03. The summed E-state index contributed by atoms with van der Waals surface area (Å²) < 4.78 is 5.55. The molecule has 0 spiro atoms. The highest BCUT2D eigenvalue weighted by Crippen LogP contribution is 2.42. The normalized spacial score (nSPS) is 17.1. The number of carbonyl (C=O) groups is 3. The van der Waals surface area contributed by atoms with Crippen molar-refractivity contribution in [2.75, 3.05) is 5.32 Å². The van der Waals surface area contributed by atoms with Crippen LogP contribution in [0.4, 0.5) is 10.5 Å². The molecule has 0 heterocycles. The van der Waals surface area contributed by atoms with E-state index in [1.54, 1.807) is 49.9 Å². The number of alkyl carbamates (subject to hydrolysis) is 1. The van der Waals surface area contributed by atoms with Crippen LogP contribution in [0.3, 0.4) is 0 Å². The standard InChI is InChI=1S/C38H43N3O5/c1-23-11-12-24(2)31(19-23)34(35(43)39-29-16-15-27-9-7-8-10-28(27)22-29)41(33-20-25(33)3)36(44)32(40-37(45)46-38(4,5)6)21-26-13-17-30(42)18-14-26/h7-19,22,25,32-34,42H,20-21H2,1-6H3,(H,39,43)(H,40,45). The zero-order valence-corrected chi connectivity index (χ0v) is 27.3. The summed E-state index contributed by atoms with van der Waals surface area (Å²) in [5.74, 6) is -0.452. The molecule has 8 nitrogen and oxygen atoms in total. The number of phenolic OH excluding ortho intramolecular Hbond substituents is 1. The molecular formula is C38H43N3O5.